The summed E-state index contributed by atoms with van der Waals surface area (Å²) in [5.41, 5.74) is 2.78. The average Bonchev–Trinajstić information content (AvgIpc) is 3.03. The molecule has 1 nitrogen and oxygen atoms in total. The number of ether oxygens (including phenoxy) is 1. The summed E-state index contributed by atoms with van der Waals surface area (Å²) in [6, 6.07) is 9.45. The Kier molecular flexibility index (Phi) is 10.2. The topological polar surface area (TPSA) is 9.23 Å². The van der Waals surface area contributed by atoms with Crippen molar-refractivity contribution in [2.75, 3.05) is 6.61 Å². The van der Waals surface area contributed by atoms with Gasteiger partial charge in [-0.05, 0) is 117 Å². The van der Waals surface area contributed by atoms with Crippen molar-refractivity contribution in [2.45, 2.75) is 84.0 Å². The molecule has 0 saturated carbocycles. The third kappa shape index (κ3) is 6.77. The molecule has 0 amide bonds. The van der Waals surface area contributed by atoms with E-state index in [2.05, 4.69) is 0 Å². The standard InChI is InChI=1S/C37H38F6O/c1-3-4-21-44-31-20-19-30(36(42)37(31)43)26-14-12-25(13-15-26)29-18-16-27(33(39)35(29)41)11-8-23-6-9-24(10-7-23)28-17-5-22(2)32(38)34(28)40/h5,9,14,16-20,23,25H,3-4,6-8,10-13,15,21H2,1-2H3. The van der Waals surface area contributed by atoms with Crippen LogP contribution in [0.15, 0.2) is 48.6 Å². The quantitative estimate of drug-likeness (QED) is 0.163. The van der Waals surface area contributed by atoms with Crippen LogP contribution in [0.25, 0.3) is 11.1 Å². The molecule has 44 heavy (non-hydrogen) atoms. The zero-order valence-corrected chi connectivity index (χ0v) is 25.2. The van der Waals surface area contributed by atoms with Crippen molar-refractivity contribution in [2.24, 2.45) is 5.92 Å². The van der Waals surface area contributed by atoms with Gasteiger partial charge in [0, 0.05) is 11.1 Å². The number of hydrogen-bond acceptors (Lipinski definition) is 1. The van der Waals surface area contributed by atoms with Gasteiger partial charge in [0.1, 0.15) is 0 Å². The van der Waals surface area contributed by atoms with E-state index in [4.69, 9.17) is 4.74 Å². The Balaban J connectivity index is 1.19. The molecule has 234 valence electrons. The molecule has 0 heterocycles. The summed E-state index contributed by atoms with van der Waals surface area (Å²) < 4.78 is 93.7. The molecule has 2 aliphatic carbocycles. The summed E-state index contributed by atoms with van der Waals surface area (Å²) in [5.74, 6) is -5.42. The fraction of sp³-hybridized carbons (Fsp3) is 0.405. The zero-order chi connectivity index (χ0) is 31.4. The molecule has 0 fully saturated rings. The van der Waals surface area contributed by atoms with Crippen LogP contribution in [0.4, 0.5) is 26.3 Å². The van der Waals surface area contributed by atoms with Crippen LogP contribution in [0.1, 0.15) is 98.4 Å². The van der Waals surface area contributed by atoms with Crippen molar-refractivity contribution in [1.82, 2.24) is 0 Å². The summed E-state index contributed by atoms with van der Waals surface area (Å²) >= 11 is 0. The third-order valence-electron chi connectivity index (χ3n) is 9.15. The van der Waals surface area contributed by atoms with Crippen LogP contribution in [-0.4, -0.2) is 6.61 Å². The SMILES string of the molecule is CCCCOc1ccc(C2=CCC(c3ccc(CCC4CC=C(c5ccc(C)c(F)c5F)CC4)c(F)c3F)CC2)c(F)c1F. The highest BCUT2D eigenvalue weighted by Crippen LogP contribution is 2.40. The van der Waals surface area contributed by atoms with E-state index in [-0.39, 0.29) is 28.7 Å². The first-order chi connectivity index (χ1) is 21.2. The predicted molar refractivity (Wildman–Crippen MR) is 162 cm³/mol. The van der Waals surface area contributed by atoms with E-state index in [1.807, 2.05) is 13.0 Å². The van der Waals surface area contributed by atoms with Crippen molar-refractivity contribution >= 4 is 11.1 Å². The van der Waals surface area contributed by atoms with Crippen molar-refractivity contribution in [1.29, 1.82) is 0 Å². The molecular weight excluding hydrogens is 574 g/mol. The minimum atomic E-state index is -1.01. The van der Waals surface area contributed by atoms with Crippen LogP contribution in [0.5, 0.6) is 5.75 Å². The fourth-order valence-corrected chi connectivity index (χ4v) is 6.34. The van der Waals surface area contributed by atoms with Gasteiger partial charge in [0.25, 0.3) is 0 Å². The van der Waals surface area contributed by atoms with Crippen molar-refractivity contribution in [3.05, 3.63) is 111 Å². The van der Waals surface area contributed by atoms with Gasteiger partial charge in [-0.25, -0.2) is 22.0 Å². The summed E-state index contributed by atoms with van der Waals surface area (Å²) in [4.78, 5) is 0. The molecule has 0 spiro atoms. The van der Waals surface area contributed by atoms with E-state index >= 15 is 8.78 Å². The first-order valence-electron chi connectivity index (χ1n) is 15.6. The maximum Gasteiger partial charge on any atom is 0.201 e. The van der Waals surface area contributed by atoms with Crippen molar-refractivity contribution in [3.8, 4) is 5.75 Å². The van der Waals surface area contributed by atoms with Crippen molar-refractivity contribution in [3.63, 3.8) is 0 Å². The Morgan fingerprint density at radius 2 is 1.39 bits per heavy atom. The molecule has 0 aliphatic heterocycles. The molecule has 0 N–H and O–H groups in total. The van der Waals surface area contributed by atoms with Gasteiger partial charge >= 0.3 is 0 Å². The van der Waals surface area contributed by atoms with Gasteiger partial charge in [0.05, 0.1) is 6.61 Å². The van der Waals surface area contributed by atoms with Crippen LogP contribution in [0.3, 0.4) is 0 Å². The Bertz CT molecular complexity index is 1570. The Morgan fingerprint density at radius 3 is 2.05 bits per heavy atom. The van der Waals surface area contributed by atoms with Gasteiger partial charge in [0.15, 0.2) is 34.8 Å². The number of rotatable bonds is 10. The maximum atomic E-state index is 15.3. The van der Waals surface area contributed by atoms with Gasteiger partial charge in [-0.1, -0.05) is 49.8 Å². The molecule has 2 atom stereocenters. The van der Waals surface area contributed by atoms with E-state index in [1.54, 1.807) is 30.3 Å². The minimum absolute atomic E-state index is 0.106. The molecule has 0 bridgehead atoms. The summed E-state index contributed by atoms with van der Waals surface area (Å²) in [6.45, 7) is 3.83. The van der Waals surface area contributed by atoms with Gasteiger partial charge in [-0.2, -0.15) is 4.39 Å². The van der Waals surface area contributed by atoms with Gasteiger partial charge in [-0.3, -0.25) is 0 Å². The summed E-state index contributed by atoms with van der Waals surface area (Å²) in [6.07, 6.45) is 9.71. The maximum absolute atomic E-state index is 15.3. The van der Waals surface area contributed by atoms with Crippen LogP contribution in [0.2, 0.25) is 0 Å². The van der Waals surface area contributed by atoms with Gasteiger partial charge < -0.3 is 4.74 Å². The van der Waals surface area contributed by atoms with Crippen LogP contribution < -0.4 is 4.74 Å². The van der Waals surface area contributed by atoms with E-state index < -0.39 is 34.9 Å². The molecule has 2 unspecified atom stereocenters. The monoisotopic (exact) mass is 612 g/mol. The Morgan fingerprint density at radius 1 is 0.705 bits per heavy atom. The lowest BCUT2D eigenvalue weighted by Gasteiger charge is -2.24. The molecule has 2 aliphatic rings. The molecule has 5 rings (SSSR count). The smallest absolute Gasteiger partial charge is 0.201 e. The highest BCUT2D eigenvalue weighted by atomic mass is 19.2. The number of benzene rings is 3. The highest BCUT2D eigenvalue weighted by Gasteiger charge is 2.26. The van der Waals surface area contributed by atoms with Crippen molar-refractivity contribution < 1.29 is 31.1 Å². The minimum Gasteiger partial charge on any atom is -0.490 e. The van der Waals surface area contributed by atoms with Crippen LogP contribution in [-0.2, 0) is 6.42 Å². The lowest BCUT2D eigenvalue weighted by Crippen LogP contribution is -2.11. The number of allylic oxidation sites excluding steroid dienone is 4. The fourth-order valence-electron chi connectivity index (χ4n) is 6.34. The first-order valence-corrected chi connectivity index (χ1v) is 15.6. The summed E-state index contributed by atoms with van der Waals surface area (Å²) in [5, 5.41) is 0. The predicted octanol–water partition coefficient (Wildman–Crippen LogP) is 11.2. The number of aryl methyl sites for hydroxylation is 2. The zero-order valence-electron chi connectivity index (χ0n) is 25.2. The molecule has 3 aromatic rings. The molecular formula is C37H38F6O. The second kappa shape index (κ2) is 14.1. The second-order valence-corrected chi connectivity index (χ2v) is 12.1. The molecule has 7 heteroatoms. The largest absolute Gasteiger partial charge is 0.490 e. The first kappa shape index (κ1) is 31.9. The van der Waals surface area contributed by atoms with Gasteiger partial charge in [0.2, 0.25) is 5.82 Å². The summed E-state index contributed by atoms with van der Waals surface area (Å²) in [7, 11) is 0. The molecule has 0 saturated heterocycles. The second-order valence-electron chi connectivity index (χ2n) is 12.1. The van der Waals surface area contributed by atoms with Crippen LogP contribution in [0, 0.1) is 47.7 Å². The van der Waals surface area contributed by atoms with E-state index in [0.717, 1.165) is 24.8 Å². The van der Waals surface area contributed by atoms with Crippen LogP contribution >= 0.6 is 0 Å². The highest BCUT2D eigenvalue weighted by molar-refractivity contribution is 5.68. The van der Waals surface area contributed by atoms with Gasteiger partial charge in [-0.15, -0.1) is 0 Å². The molecule has 0 aromatic heterocycles. The Labute approximate surface area is 255 Å². The van der Waals surface area contributed by atoms with E-state index in [0.29, 0.717) is 73.8 Å². The molecule has 3 aromatic carbocycles. The lowest BCUT2D eigenvalue weighted by atomic mass is 9.81. The number of unbranched alkanes of at least 4 members (excludes halogenated alkanes) is 1. The lowest BCUT2D eigenvalue weighted by molar-refractivity contribution is 0.288. The Hall–Kier alpha value is -3.48. The average molecular weight is 613 g/mol. The number of hydrogen-bond donors (Lipinski definition) is 0. The molecule has 0 radical (unpaired) electrons. The normalized spacial score (nSPS) is 18.6. The third-order valence-corrected chi connectivity index (χ3v) is 9.15. The van der Waals surface area contributed by atoms with E-state index in [1.165, 1.54) is 19.1 Å². The van der Waals surface area contributed by atoms with E-state index in [9.17, 15) is 17.6 Å². The number of halogens is 6.